The van der Waals surface area contributed by atoms with Gasteiger partial charge in [0, 0.05) is 13.1 Å². The second-order valence-electron chi connectivity index (χ2n) is 4.71. The van der Waals surface area contributed by atoms with Crippen LogP contribution in [0.3, 0.4) is 0 Å². The molecule has 0 fully saturated rings. The lowest BCUT2D eigenvalue weighted by Gasteiger charge is -2.25. The Morgan fingerprint density at radius 2 is 2.25 bits per heavy atom. The summed E-state index contributed by atoms with van der Waals surface area (Å²) in [4.78, 5) is 14.0. The summed E-state index contributed by atoms with van der Waals surface area (Å²) in [5, 5.41) is 8.84. The number of rotatable bonds is 6. The Labute approximate surface area is 120 Å². The normalized spacial score (nSPS) is 11.3. The summed E-state index contributed by atoms with van der Waals surface area (Å²) in [5.41, 5.74) is 1.44. The average molecular weight is 272 g/mol. The van der Waals surface area contributed by atoms with E-state index in [0.29, 0.717) is 24.4 Å². The van der Waals surface area contributed by atoms with Crippen molar-refractivity contribution in [3.05, 3.63) is 42.0 Å². The second kappa shape index (κ2) is 7.34. The number of carbonyl (C=O) groups is 1. The van der Waals surface area contributed by atoms with Gasteiger partial charge in [-0.1, -0.05) is 18.2 Å². The predicted molar refractivity (Wildman–Crippen MR) is 78.3 cm³/mol. The summed E-state index contributed by atoms with van der Waals surface area (Å²) < 4.78 is 5.61. The first-order chi connectivity index (χ1) is 9.47. The summed E-state index contributed by atoms with van der Waals surface area (Å²) >= 11 is 0. The fraction of sp³-hybridized carbons (Fsp3) is 0.375. The van der Waals surface area contributed by atoms with Gasteiger partial charge >= 0.3 is 0 Å². The van der Waals surface area contributed by atoms with Crippen molar-refractivity contribution in [3.8, 4) is 11.8 Å². The minimum Gasteiger partial charge on any atom is -0.481 e. The number of carbonyl (C=O) groups excluding carboxylic acids is 1. The zero-order chi connectivity index (χ0) is 15.1. The van der Waals surface area contributed by atoms with E-state index in [1.807, 2.05) is 19.9 Å². The van der Waals surface area contributed by atoms with Crippen LogP contribution < -0.4 is 4.74 Å². The van der Waals surface area contributed by atoms with E-state index in [-0.39, 0.29) is 5.91 Å². The van der Waals surface area contributed by atoms with Crippen LogP contribution >= 0.6 is 0 Å². The zero-order valence-electron chi connectivity index (χ0n) is 12.2. The van der Waals surface area contributed by atoms with Crippen molar-refractivity contribution in [2.24, 2.45) is 0 Å². The van der Waals surface area contributed by atoms with E-state index in [1.54, 1.807) is 36.1 Å². The Morgan fingerprint density at radius 1 is 1.55 bits per heavy atom. The number of amides is 1. The highest BCUT2D eigenvalue weighted by atomic mass is 16.5. The third-order valence-electron chi connectivity index (χ3n) is 2.78. The molecule has 0 heterocycles. The van der Waals surface area contributed by atoms with Gasteiger partial charge < -0.3 is 9.64 Å². The summed E-state index contributed by atoms with van der Waals surface area (Å²) in [6, 6.07) is 8.83. The number of benzene rings is 1. The molecule has 4 heteroatoms. The van der Waals surface area contributed by atoms with Gasteiger partial charge in [-0.05, 0) is 39.0 Å². The van der Waals surface area contributed by atoms with Gasteiger partial charge in [-0.2, -0.15) is 5.26 Å². The zero-order valence-corrected chi connectivity index (χ0v) is 12.2. The molecule has 0 saturated carbocycles. The summed E-state index contributed by atoms with van der Waals surface area (Å²) in [6.45, 7) is 10.5. The van der Waals surface area contributed by atoms with Crippen molar-refractivity contribution in [2.45, 2.75) is 26.9 Å². The van der Waals surface area contributed by atoms with Crippen LogP contribution in [0.25, 0.3) is 0 Å². The van der Waals surface area contributed by atoms with Gasteiger partial charge in [-0.25, -0.2) is 0 Å². The molecule has 1 atom stereocenters. The Hall–Kier alpha value is -2.28. The lowest BCUT2D eigenvalue weighted by molar-refractivity contribution is -0.137. The van der Waals surface area contributed by atoms with E-state index < -0.39 is 6.10 Å². The van der Waals surface area contributed by atoms with Crippen molar-refractivity contribution in [1.29, 1.82) is 5.26 Å². The first-order valence-electron chi connectivity index (χ1n) is 6.58. The van der Waals surface area contributed by atoms with E-state index >= 15 is 0 Å². The molecule has 0 aliphatic rings. The molecule has 1 amide bonds. The van der Waals surface area contributed by atoms with Crippen molar-refractivity contribution >= 4 is 5.91 Å². The Balaban J connectivity index is 2.73. The molecule has 0 aromatic heterocycles. The van der Waals surface area contributed by atoms with Gasteiger partial charge in [0.25, 0.3) is 5.91 Å². The first kappa shape index (κ1) is 15.8. The maximum Gasteiger partial charge on any atom is 0.263 e. The molecule has 0 aliphatic carbocycles. The maximum absolute atomic E-state index is 12.3. The highest BCUT2D eigenvalue weighted by molar-refractivity contribution is 5.81. The van der Waals surface area contributed by atoms with Gasteiger partial charge in [0.05, 0.1) is 11.6 Å². The summed E-state index contributed by atoms with van der Waals surface area (Å²) in [6.07, 6.45) is -0.594. The number of nitriles is 1. The van der Waals surface area contributed by atoms with Crippen molar-refractivity contribution in [2.75, 3.05) is 13.1 Å². The van der Waals surface area contributed by atoms with Crippen LogP contribution in [-0.4, -0.2) is 30.0 Å². The van der Waals surface area contributed by atoms with Crippen LogP contribution in [0.4, 0.5) is 0 Å². The predicted octanol–water partition coefficient (Wildman–Crippen LogP) is 2.75. The maximum atomic E-state index is 12.3. The molecule has 4 nitrogen and oxygen atoms in total. The fourth-order valence-corrected chi connectivity index (χ4v) is 1.82. The Morgan fingerprint density at radius 3 is 2.80 bits per heavy atom. The molecule has 0 saturated heterocycles. The van der Waals surface area contributed by atoms with Gasteiger partial charge in [0.2, 0.25) is 0 Å². The van der Waals surface area contributed by atoms with E-state index in [9.17, 15) is 4.79 Å². The molecule has 0 bridgehead atoms. The molecule has 1 unspecified atom stereocenters. The third kappa shape index (κ3) is 4.43. The number of hydrogen-bond acceptors (Lipinski definition) is 3. The number of hydrogen-bond donors (Lipinski definition) is 0. The molecule has 1 aromatic rings. The molecular formula is C16H20N2O2. The minimum atomic E-state index is -0.594. The summed E-state index contributed by atoms with van der Waals surface area (Å²) in [7, 11) is 0. The second-order valence-corrected chi connectivity index (χ2v) is 4.71. The molecule has 0 radical (unpaired) electrons. The molecule has 1 aromatic carbocycles. The lowest BCUT2D eigenvalue weighted by Crippen LogP contribution is -2.41. The molecule has 0 spiro atoms. The largest absolute Gasteiger partial charge is 0.481 e. The van der Waals surface area contributed by atoms with Crippen LogP contribution in [0.1, 0.15) is 26.3 Å². The number of likely N-dealkylation sites (N-methyl/N-ethyl adjacent to an activating group) is 1. The van der Waals surface area contributed by atoms with Gasteiger partial charge in [0.1, 0.15) is 5.75 Å². The number of ether oxygens (including phenoxy) is 1. The third-order valence-corrected chi connectivity index (χ3v) is 2.78. The van der Waals surface area contributed by atoms with Crippen molar-refractivity contribution in [1.82, 2.24) is 4.90 Å². The van der Waals surface area contributed by atoms with E-state index in [1.165, 1.54) is 0 Å². The molecule has 106 valence electrons. The van der Waals surface area contributed by atoms with Crippen molar-refractivity contribution < 1.29 is 9.53 Å². The first-order valence-corrected chi connectivity index (χ1v) is 6.58. The standard InChI is InChI=1S/C16H20N2O2/c1-5-18(11-12(2)3)16(19)13(4)20-15-8-6-7-14(9-15)10-17/h6-9,13H,2,5,11H2,1,3-4H3. The van der Waals surface area contributed by atoms with Gasteiger partial charge in [-0.15, -0.1) is 0 Å². The average Bonchev–Trinajstić information content (AvgIpc) is 2.43. The van der Waals surface area contributed by atoms with Crippen LogP contribution in [0.2, 0.25) is 0 Å². The van der Waals surface area contributed by atoms with Gasteiger partial charge in [-0.3, -0.25) is 4.79 Å². The van der Waals surface area contributed by atoms with E-state index in [4.69, 9.17) is 10.00 Å². The Bertz CT molecular complexity index is 532. The van der Waals surface area contributed by atoms with E-state index in [0.717, 1.165) is 5.57 Å². The monoisotopic (exact) mass is 272 g/mol. The van der Waals surface area contributed by atoms with Crippen molar-refractivity contribution in [3.63, 3.8) is 0 Å². The molecular weight excluding hydrogens is 252 g/mol. The highest BCUT2D eigenvalue weighted by Crippen LogP contribution is 2.15. The van der Waals surface area contributed by atoms with Crippen LogP contribution in [0.5, 0.6) is 5.75 Å². The smallest absolute Gasteiger partial charge is 0.263 e. The lowest BCUT2D eigenvalue weighted by atomic mass is 10.2. The Kier molecular flexibility index (Phi) is 5.79. The quantitative estimate of drug-likeness (QED) is 0.748. The topological polar surface area (TPSA) is 53.3 Å². The van der Waals surface area contributed by atoms with Crippen LogP contribution in [-0.2, 0) is 4.79 Å². The van der Waals surface area contributed by atoms with Crippen LogP contribution in [0.15, 0.2) is 36.4 Å². The minimum absolute atomic E-state index is 0.0853. The molecule has 20 heavy (non-hydrogen) atoms. The highest BCUT2D eigenvalue weighted by Gasteiger charge is 2.20. The SMILES string of the molecule is C=C(C)CN(CC)C(=O)C(C)Oc1cccc(C#N)c1. The summed E-state index contributed by atoms with van der Waals surface area (Å²) in [5.74, 6) is 0.439. The molecule has 0 aliphatic heterocycles. The van der Waals surface area contributed by atoms with Crippen LogP contribution in [0, 0.1) is 11.3 Å². The number of nitrogens with zero attached hydrogens (tertiary/aromatic N) is 2. The van der Waals surface area contributed by atoms with Gasteiger partial charge in [0.15, 0.2) is 6.10 Å². The van der Waals surface area contributed by atoms with E-state index in [2.05, 4.69) is 6.58 Å². The fourth-order valence-electron chi connectivity index (χ4n) is 1.82. The molecule has 1 rings (SSSR count). The molecule has 0 N–H and O–H groups in total.